The predicted molar refractivity (Wildman–Crippen MR) is 103 cm³/mol. The number of thioether (sulfide) groups is 1. The lowest BCUT2D eigenvalue weighted by atomic mass is 10.1. The summed E-state index contributed by atoms with van der Waals surface area (Å²) in [7, 11) is 0. The normalized spacial score (nSPS) is 13.2. The molecule has 0 unspecified atom stereocenters. The second-order valence-electron chi connectivity index (χ2n) is 6.28. The second-order valence-corrected chi connectivity index (χ2v) is 7.57. The van der Waals surface area contributed by atoms with Gasteiger partial charge in [0.1, 0.15) is 5.82 Å². The molecule has 1 N–H and O–H groups in total. The number of carbonyl (C=O) groups excluding carboxylic acids is 1. The Morgan fingerprint density at radius 2 is 1.74 bits per heavy atom. The van der Waals surface area contributed by atoms with E-state index >= 15 is 0 Å². The number of nitrogens with one attached hydrogen (secondary N) is 1. The van der Waals surface area contributed by atoms with Gasteiger partial charge < -0.3 is 9.73 Å². The molecular formula is C20H20FN3O2S. The van der Waals surface area contributed by atoms with Gasteiger partial charge in [-0.3, -0.25) is 4.79 Å². The highest BCUT2D eigenvalue weighted by atomic mass is 32.2. The second kappa shape index (κ2) is 8.35. The molecule has 2 aromatic carbocycles. The number of rotatable bonds is 6. The third-order valence-corrected chi connectivity index (χ3v) is 5.01. The Balaban J connectivity index is 1.59. The Kier molecular flexibility index (Phi) is 5.91. The van der Waals surface area contributed by atoms with Crippen LogP contribution in [0.1, 0.15) is 31.0 Å². The third-order valence-electron chi connectivity index (χ3n) is 4.08. The van der Waals surface area contributed by atoms with E-state index in [1.54, 1.807) is 19.1 Å². The molecule has 0 aliphatic carbocycles. The summed E-state index contributed by atoms with van der Waals surface area (Å²) in [5, 5.41) is 10.9. The van der Waals surface area contributed by atoms with E-state index in [4.69, 9.17) is 4.42 Å². The predicted octanol–water partition coefficient (Wildman–Crippen LogP) is 4.54. The van der Waals surface area contributed by atoms with Crippen LogP contribution in [-0.2, 0) is 4.79 Å². The molecule has 0 saturated carbocycles. The van der Waals surface area contributed by atoms with Gasteiger partial charge >= 0.3 is 0 Å². The molecule has 7 heteroatoms. The molecule has 1 aromatic heterocycles. The highest BCUT2D eigenvalue weighted by Gasteiger charge is 2.20. The van der Waals surface area contributed by atoms with Crippen LogP contribution in [0.15, 0.2) is 58.2 Å². The average molecular weight is 385 g/mol. The topological polar surface area (TPSA) is 68.0 Å². The van der Waals surface area contributed by atoms with Crippen molar-refractivity contribution in [2.45, 2.75) is 37.3 Å². The minimum absolute atomic E-state index is 0.160. The van der Waals surface area contributed by atoms with Crippen LogP contribution in [0, 0.1) is 12.7 Å². The molecule has 0 fully saturated rings. The number of benzene rings is 2. The van der Waals surface area contributed by atoms with Crippen molar-refractivity contribution in [1.82, 2.24) is 15.5 Å². The molecule has 140 valence electrons. The maximum absolute atomic E-state index is 13.0. The molecule has 0 aliphatic rings. The maximum atomic E-state index is 13.0. The van der Waals surface area contributed by atoms with Crippen LogP contribution in [0.3, 0.4) is 0 Å². The fourth-order valence-electron chi connectivity index (χ4n) is 2.44. The van der Waals surface area contributed by atoms with Gasteiger partial charge in [0.05, 0.1) is 11.3 Å². The van der Waals surface area contributed by atoms with Crippen LogP contribution < -0.4 is 5.32 Å². The third kappa shape index (κ3) is 4.95. The summed E-state index contributed by atoms with van der Waals surface area (Å²) >= 11 is 1.20. The minimum Gasteiger partial charge on any atom is -0.411 e. The van der Waals surface area contributed by atoms with Gasteiger partial charge in [0.2, 0.25) is 11.8 Å². The quantitative estimate of drug-likeness (QED) is 0.631. The first-order chi connectivity index (χ1) is 12.9. The van der Waals surface area contributed by atoms with Crippen LogP contribution in [-0.4, -0.2) is 21.4 Å². The molecule has 1 amide bonds. The van der Waals surface area contributed by atoms with Crippen LogP contribution in [0.25, 0.3) is 11.5 Å². The highest BCUT2D eigenvalue weighted by Crippen LogP contribution is 2.26. The van der Waals surface area contributed by atoms with Gasteiger partial charge in [-0.1, -0.05) is 41.6 Å². The lowest BCUT2D eigenvalue weighted by molar-refractivity contribution is -0.120. The first-order valence-electron chi connectivity index (χ1n) is 8.55. The van der Waals surface area contributed by atoms with Gasteiger partial charge in [-0.05, 0) is 50.6 Å². The zero-order chi connectivity index (χ0) is 19.4. The van der Waals surface area contributed by atoms with Crippen molar-refractivity contribution in [2.24, 2.45) is 0 Å². The average Bonchev–Trinajstić information content (AvgIpc) is 3.11. The summed E-state index contributed by atoms with van der Waals surface area (Å²) in [4.78, 5) is 12.4. The van der Waals surface area contributed by atoms with Crippen LogP contribution in [0.5, 0.6) is 0 Å². The Morgan fingerprint density at radius 1 is 1.07 bits per heavy atom. The fourth-order valence-corrected chi connectivity index (χ4v) is 3.13. The zero-order valence-electron chi connectivity index (χ0n) is 15.3. The lowest BCUT2D eigenvalue weighted by Crippen LogP contribution is -2.33. The number of nitrogens with zero attached hydrogens (tertiary/aromatic N) is 2. The van der Waals surface area contributed by atoms with E-state index in [-0.39, 0.29) is 17.8 Å². The number of amides is 1. The van der Waals surface area contributed by atoms with E-state index < -0.39 is 5.25 Å². The largest absolute Gasteiger partial charge is 0.411 e. The van der Waals surface area contributed by atoms with Crippen molar-refractivity contribution in [1.29, 1.82) is 0 Å². The van der Waals surface area contributed by atoms with E-state index in [9.17, 15) is 9.18 Å². The molecule has 27 heavy (non-hydrogen) atoms. The molecule has 2 atom stereocenters. The molecule has 3 rings (SSSR count). The number of carbonyl (C=O) groups is 1. The van der Waals surface area contributed by atoms with Gasteiger partial charge in [-0.15, -0.1) is 10.2 Å². The molecule has 5 nitrogen and oxygen atoms in total. The molecule has 0 spiro atoms. The van der Waals surface area contributed by atoms with Crippen molar-refractivity contribution in [3.8, 4) is 11.5 Å². The van der Waals surface area contributed by atoms with Crippen LogP contribution in [0.2, 0.25) is 0 Å². The Hall–Kier alpha value is -2.67. The maximum Gasteiger partial charge on any atom is 0.277 e. The lowest BCUT2D eigenvalue weighted by Gasteiger charge is -2.16. The zero-order valence-corrected chi connectivity index (χ0v) is 16.1. The standard InChI is InChI=1S/C20H20FN3O2S/c1-12-4-6-16(7-5-12)19-23-24-20(26-19)27-14(3)18(25)22-13(2)15-8-10-17(21)11-9-15/h4-11,13-14H,1-3H3,(H,22,25)/t13-,14+/m1/s1. The SMILES string of the molecule is Cc1ccc(-c2nnc(S[C@@H](C)C(=O)N[C@H](C)c3ccc(F)cc3)o2)cc1. The molecule has 3 aromatic rings. The summed E-state index contributed by atoms with van der Waals surface area (Å²) in [6.07, 6.45) is 0. The first-order valence-corrected chi connectivity index (χ1v) is 9.43. The number of aromatic nitrogens is 2. The van der Waals surface area contributed by atoms with Crippen molar-refractivity contribution in [2.75, 3.05) is 0 Å². The summed E-state index contributed by atoms with van der Waals surface area (Å²) in [6, 6.07) is 13.6. The van der Waals surface area contributed by atoms with E-state index in [0.717, 1.165) is 16.7 Å². The molecule has 0 aliphatic heterocycles. The first kappa shape index (κ1) is 19.1. The van der Waals surface area contributed by atoms with Gasteiger partial charge in [0.25, 0.3) is 5.22 Å². The number of aryl methyl sites for hydroxylation is 1. The van der Waals surface area contributed by atoms with Crippen molar-refractivity contribution < 1.29 is 13.6 Å². The van der Waals surface area contributed by atoms with E-state index in [1.807, 2.05) is 38.1 Å². The van der Waals surface area contributed by atoms with Crippen molar-refractivity contribution >= 4 is 17.7 Å². The molecule has 0 radical (unpaired) electrons. The van der Waals surface area contributed by atoms with Crippen molar-refractivity contribution in [3.05, 3.63) is 65.5 Å². The van der Waals surface area contributed by atoms with E-state index in [1.165, 1.54) is 23.9 Å². The minimum atomic E-state index is -0.417. The summed E-state index contributed by atoms with van der Waals surface area (Å²) in [6.45, 7) is 5.63. The molecule has 0 bridgehead atoms. The fraction of sp³-hybridized carbons (Fsp3) is 0.250. The van der Waals surface area contributed by atoms with Gasteiger partial charge in [-0.25, -0.2) is 4.39 Å². The number of hydrogen-bond acceptors (Lipinski definition) is 5. The van der Waals surface area contributed by atoms with Gasteiger partial charge in [-0.2, -0.15) is 0 Å². The monoisotopic (exact) mass is 385 g/mol. The Labute approximate surface area is 161 Å². The summed E-state index contributed by atoms with van der Waals surface area (Å²) in [5.41, 5.74) is 2.82. The smallest absolute Gasteiger partial charge is 0.277 e. The van der Waals surface area contributed by atoms with E-state index in [0.29, 0.717) is 11.1 Å². The van der Waals surface area contributed by atoms with Crippen LogP contribution in [0.4, 0.5) is 4.39 Å². The molecule has 1 heterocycles. The molecular weight excluding hydrogens is 365 g/mol. The Morgan fingerprint density at radius 3 is 2.41 bits per heavy atom. The number of hydrogen-bond donors (Lipinski definition) is 1. The van der Waals surface area contributed by atoms with Gasteiger partial charge in [0.15, 0.2) is 0 Å². The van der Waals surface area contributed by atoms with E-state index in [2.05, 4.69) is 15.5 Å². The molecule has 0 saturated heterocycles. The van der Waals surface area contributed by atoms with Crippen molar-refractivity contribution in [3.63, 3.8) is 0 Å². The summed E-state index contributed by atoms with van der Waals surface area (Å²) in [5.74, 6) is -0.0429. The Bertz CT molecular complexity index is 910. The van der Waals surface area contributed by atoms with Gasteiger partial charge in [0, 0.05) is 5.56 Å². The summed E-state index contributed by atoms with van der Waals surface area (Å²) < 4.78 is 18.7. The number of halogens is 1. The highest BCUT2D eigenvalue weighted by molar-refractivity contribution is 8.00. The van der Waals surface area contributed by atoms with Crippen LogP contribution >= 0.6 is 11.8 Å².